The molecule has 2 bridgehead atoms. The highest BCUT2D eigenvalue weighted by Crippen LogP contribution is 2.37. The van der Waals surface area contributed by atoms with E-state index in [1.807, 2.05) is 13.1 Å². The molecule has 550 valence electrons. The van der Waals surface area contributed by atoms with Crippen LogP contribution in [0.2, 0.25) is 0 Å². The van der Waals surface area contributed by atoms with Crippen molar-refractivity contribution >= 4 is 83.7 Å². The largest absolute Gasteiger partial charge is 0.467 e. The molecule has 0 saturated carbocycles. The zero-order chi connectivity index (χ0) is 71.6. The van der Waals surface area contributed by atoms with Crippen molar-refractivity contribution in [1.29, 1.82) is 15.8 Å². The minimum absolute atomic E-state index is 0. The lowest BCUT2D eigenvalue weighted by atomic mass is 10.0. The minimum atomic E-state index is -0.753. The van der Waals surface area contributed by atoms with Crippen molar-refractivity contribution < 1.29 is 51.2 Å². The number of carbonyl (C=O) groups is 2. The van der Waals surface area contributed by atoms with Gasteiger partial charge in [-0.25, -0.2) is 57.1 Å². The Morgan fingerprint density at radius 1 is 0.702 bits per heavy atom. The predicted molar refractivity (Wildman–Crippen MR) is 394 cm³/mol. The van der Waals surface area contributed by atoms with Crippen molar-refractivity contribution in [3.63, 3.8) is 0 Å². The van der Waals surface area contributed by atoms with Crippen molar-refractivity contribution in [2.75, 3.05) is 78.0 Å². The molecule has 3 saturated heterocycles. The van der Waals surface area contributed by atoms with Crippen LogP contribution in [0.15, 0.2) is 94.5 Å². The number of rotatable bonds is 14. The molecule has 104 heavy (non-hydrogen) atoms. The monoisotopic (exact) mass is 1670 g/mol. The van der Waals surface area contributed by atoms with Crippen LogP contribution >= 0.6 is 54.5 Å². The number of hydrogen-bond acceptors (Lipinski definition) is 24. The van der Waals surface area contributed by atoms with Gasteiger partial charge in [-0.2, -0.15) is 31.1 Å². The van der Waals surface area contributed by atoms with Gasteiger partial charge in [-0.15, -0.1) is 0 Å². The van der Waals surface area contributed by atoms with Crippen molar-refractivity contribution in [3.8, 4) is 47.1 Å². The number of anilines is 3. The maximum absolute atomic E-state index is 14.1. The number of nitrogens with zero attached hydrogens (tertiary/aromatic N) is 17. The Balaban J connectivity index is 0.000000226. The van der Waals surface area contributed by atoms with Crippen molar-refractivity contribution in [1.82, 2.24) is 74.4 Å². The van der Waals surface area contributed by atoms with Crippen LogP contribution in [0.5, 0.6) is 17.6 Å². The van der Waals surface area contributed by atoms with Crippen LogP contribution in [0.25, 0.3) is 11.3 Å². The molecule has 3 fully saturated rings. The summed E-state index contributed by atoms with van der Waals surface area (Å²) < 4.78 is 81.2. The average molecular weight is 1670 g/mol. The Bertz CT molecular complexity index is 4650. The van der Waals surface area contributed by atoms with E-state index < -0.39 is 23.8 Å². The number of nitriles is 3. The number of aromatic nitrogens is 12. The summed E-state index contributed by atoms with van der Waals surface area (Å²) in [7, 11) is 5.09. The fourth-order valence-electron chi connectivity index (χ4n) is 10.4. The highest BCUT2D eigenvalue weighted by Gasteiger charge is 2.34. The Morgan fingerprint density at radius 3 is 1.74 bits per heavy atom. The Morgan fingerprint density at radius 2 is 1.20 bits per heavy atom. The number of carbonyl (C=O) groups excluding carboxylic acids is 2. The van der Waals surface area contributed by atoms with Crippen molar-refractivity contribution in [2.45, 2.75) is 107 Å². The molecule has 4 aliphatic heterocycles. The molecule has 0 aliphatic carbocycles. The van der Waals surface area contributed by atoms with Gasteiger partial charge in [0.1, 0.15) is 98.4 Å². The highest BCUT2D eigenvalue weighted by molar-refractivity contribution is 14.1. The first-order chi connectivity index (χ1) is 47.9. The first-order valence-corrected chi connectivity index (χ1v) is 33.2. The van der Waals surface area contributed by atoms with Gasteiger partial charge in [-0.05, 0) is 149 Å². The first kappa shape index (κ1) is 83.0. The van der Waals surface area contributed by atoms with E-state index in [9.17, 15) is 33.3 Å². The third kappa shape index (κ3) is 19.3. The van der Waals surface area contributed by atoms with E-state index in [4.69, 9.17) is 50.9 Å². The number of nitrogen functional groups attached to an aromatic ring is 3. The molecular formula is C69H79Br2F3IN21O8. The van der Waals surface area contributed by atoms with Gasteiger partial charge < -0.3 is 60.7 Å². The van der Waals surface area contributed by atoms with Gasteiger partial charge >= 0.3 is 0 Å². The zero-order valence-electron chi connectivity index (χ0n) is 54.3. The van der Waals surface area contributed by atoms with Gasteiger partial charge in [0, 0.05) is 52.0 Å². The second-order valence-electron chi connectivity index (χ2n) is 22.9. The molecule has 10 heterocycles. The average Bonchev–Trinajstić information content (AvgIpc) is 1.58. The van der Waals surface area contributed by atoms with Crippen LogP contribution < -0.4 is 36.7 Å². The molecule has 13 rings (SSSR count). The third-order valence-corrected chi connectivity index (χ3v) is 17.5. The van der Waals surface area contributed by atoms with E-state index in [1.54, 1.807) is 61.0 Å². The first-order valence-electron chi connectivity index (χ1n) is 30.6. The number of fused-ring (bicyclic) bond motifs is 5. The summed E-state index contributed by atoms with van der Waals surface area (Å²) in [4.78, 5) is 54.4. The van der Waals surface area contributed by atoms with Gasteiger partial charge in [0.25, 0.3) is 29.5 Å². The highest BCUT2D eigenvalue weighted by atomic mass is 127. The fraction of sp³-hybridized carbons (Fsp3) is 0.362. The lowest BCUT2D eigenvalue weighted by Gasteiger charge is -2.26. The SMILES string of the molecule is C.C.C.C.CNCc1cc(C#N)n(C2COC2)n1.C[C@@H](Oc1nc(Br)cnc1N)c1cc(F)ccc1C(=O)N(C)Cc1cc(C#N)n(C2COC2)n1.C[C@@H](Oc1nc(Br)cnc1N)c1cc(F)ccc1I.C[C@H]1Oc2nc(cnc2N)-c2c(nn(C3COC3)c2C#N)CN(C)C(=O)c2ccc(F)cc21. The number of hydrogen-bond donors (Lipinski definition) is 4. The van der Waals surface area contributed by atoms with Crippen LogP contribution in [0, 0.1) is 55.0 Å². The Hall–Kier alpha value is -9.94. The number of nitrogens with two attached hydrogens (primary N) is 3. The predicted octanol–water partition coefficient (Wildman–Crippen LogP) is 11.5. The fourth-order valence-corrected chi connectivity index (χ4v) is 11.7. The van der Waals surface area contributed by atoms with E-state index in [1.165, 1.54) is 76.9 Å². The molecule has 7 N–H and O–H groups in total. The second-order valence-corrected chi connectivity index (χ2v) is 25.7. The molecule has 0 spiro atoms. The Labute approximate surface area is 630 Å². The lowest BCUT2D eigenvalue weighted by molar-refractivity contribution is -0.0292. The lowest BCUT2D eigenvalue weighted by Crippen LogP contribution is -2.32. The van der Waals surface area contributed by atoms with Crippen molar-refractivity contribution in [2.24, 2.45) is 0 Å². The molecule has 3 aromatic carbocycles. The quantitative estimate of drug-likeness (QED) is 0.0735. The van der Waals surface area contributed by atoms with Crippen LogP contribution in [-0.2, 0) is 33.8 Å². The van der Waals surface area contributed by atoms with Crippen LogP contribution in [-0.4, -0.2) is 142 Å². The van der Waals surface area contributed by atoms with E-state index in [0.717, 1.165) is 14.8 Å². The number of benzene rings is 3. The molecule has 2 amide bonds. The molecule has 3 atom stereocenters. The minimum Gasteiger partial charge on any atom is -0.467 e. The van der Waals surface area contributed by atoms with Crippen molar-refractivity contribution in [3.05, 3.63) is 178 Å². The Kier molecular flexibility index (Phi) is 29.5. The van der Waals surface area contributed by atoms with Crippen LogP contribution in [0.4, 0.5) is 30.6 Å². The number of amides is 2. The number of halogens is 6. The maximum Gasteiger partial charge on any atom is 0.258 e. The smallest absolute Gasteiger partial charge is 0.258 e. The second kappa shape index (κ2) is 37.0. The zero-order valence-corrected chi connectivity index (χ0v) is 59.6. The summed E-state index contributed by atoms with van der Waals surface area (Å²) in [6.07, 6.45) is 2.47. The normalized spacial score (nSPS) is 14.8. The molecule has 29 nitrogen and oxygen atoms in total. The third-order valence-electron chi connectivity index (χ3n) is 15.8. The molecule has 6 aromatic heterocycles. The van der Waals surface area contributed by atoms with Gasteiger partial charge in [0.2, 0.25) is 0 Å². The summed E-state index contributed by atoms with van der Waals surface area (Å²) in [6, 6.07) is 22.4. The van der Waals surface area contributed by atoms with Gasteiger partial charge in [-0.3, -0.25) is 9.59 Å². The van der Waals surface area contributed by atoms with E-state index in [2.05, 4.69) is 123 Å². The molecule has 0 unspecified atom stereocenters. The number of nitrogens with one attached hydrogen (secondary N) is 1. The summed E-state index contributed by atoms with van der Waals surface area (Å²) >= 11 is 8.53. The standard InChI is InChI=1S/C22H21BrFN7O3.C22H20FN7O3.C12H10BrFIN3O.C9H12N4O.4CH4/c1-12(34-21-20(26)27-8-19(23)28-21)18-5-13(24)3-4-17(18)22(32)30(2)9-14-6-15(7-25)31(29-14)16-10-33-11-16;1-11-15-5-12(23)3-4-14(15)22(31)29(2)8-17-19(16-7-26-20(25)21(27-16)33-11)18(6-24)30(28-17)13-9-32-10-13;1-6(8-4-7(14)2-3-9(8)15)19-12-11(16)17-5-10(13)18-12;1-11-4-7-2-8(3-10)13(12-7)9-5-14-6-9;;;;/h3-6,8,12,16H,9-11H2,1-2H3,(H2,26,27);3-5,7,11,13H,8-10H2,1-2H3,(H2,25,26);2-6H,1H3,(H2,16,17);2,9,11H,4-6H2,1H3;4*1H4/t12-;11-;6-;;;;;/m111...../s1. The van der Waals surface area contributed by atoms with Gasteiger partial charge in [0.15, 0.2) is 17.5 Å². The van der Waals surface area contributed by atoms with Crippen LogP contribution in [0.1, 0.15) is 158 Å². The summed E-state index contributed by atoms with van der Waals surface area (Å²) in [5.74, 6) is -1.42. The topological polar surface area (TPSA) is 388 Å². The maximum atomic E-state index is 14.1. The molecule has 4 aliphatic rings. The molecule has 35 heteroatoms. The molecule has 9 aromatic rings. The molecular weight excluding hydrogens is 1590 g/mol. The van der Waals surface area contributed by atoms with E-state index >= 15 is 0 Å². The summed E-state index contributed by atoms with van der Waals surface area (Å²) in [5.41, 5.74) is 23.5. The molecule has 0 radical (unpaired) electrons. The summed E-state index contributed by atoms with van der Waals surface area (Å²) in [6.45, 7) is 9.26. The van der Waals surface area contributed by atoms with E-state index in [-0.39, 0.29) is 137 Å². The summed E-state index contributed by atoms with van der Waals surface area (Å²) in [5, 5.41) is 44.7. The van der Waals surface area contributed by atoms with Gasteiger partial charge in [0.05, 0.1) is 99.7 Å². The van der Waals surface area contributed by atoms with Gasteiger partial charge in [-0.1, -0.05) is 29.7 Å². The van der Waals surface area contributed by atoms with E-state index in [0.29, 0.717) is 101 Å². The van der Waals surface area contributed by atoms with Crippen LogP contribution in [0.3, 0.4) is 0 Å². The number of ether oxygens (including phenoxy) is 6.